The van der Waals surface area contributed by atoms with Crippen molar-refractivity contribution in [2.24, 2.45) is 0 Å². The highest BCUT2D eigenvalue weighted by Crippen LogP contribution is 2.08. The number of carbonyl (C=O) groups is 2. The molecule has 0 aliphatic carbocycles. The number of imide groups is 1. The summed E-state index contributed by atoms with van der Waals surface area (Å²) in [5.74, 6) is 0.872. The molecule has 0 fully saturated rings. The summed E-state index contributed by atoms with van der Waals surface area (Å²) in [4.78, 5) is 23.6. The van der Waals surface area contributed by atoms with E-state index in [1.165, 1.54) is 35.6 Å². The lowest BCUT2D eigenvalue weighted by atomic mass is 10.2. The molecular weight excluding hydrogens is 210 g/mol. The lowest BCUT2D eigenvalue weighted by Gasteiger charge is -2.12. The monoisotopic (exact) mass is 227 g/mol. The van der Waals surface area contributed by atoms with Crippen molar-refractivity contribution in [1.82, 2.24) is 4.90 Å². The van der Waals surface area contributed by atoms with Gasteiger partial charge in [-0.1, -0.05) is 12.8 Å². The molecule has 15 heavy (non-hydrogen) atoms. The number of rotatable bonds is 7. The Hall–Kier alpha value is -0.770. The molecule has 3 nitrogen and oxygen atoms in total. The van der Waals surface area contributed by atoms with Gasteiger partial charge in [-0.15, -0.1) is 0 Å². The minimum absolute atomic E-state index is 0.163. The van der Waals surface area contributed by atoms with E-state index in [1.807, 2.05) is 11.8 Å². The summed E-state index contributed by atoms with van der Waals surface area (Å²) in [6.07, 6.45) is 9.22. The Balaban J connectivity index is 2.05. The van der Waals surface area contributed by atoms with Gasteiger partial charge < -0.3 is 0 Å². The fourth-order valence-corrected chi connectivity index (χ4v) is 2.01. The van der Waals surface area contributed by atoms with Crippen LogP contribution in [-0.4, -0.2) is 35.3 Å². The van der Waals surface area contributed by atoms with Crippen molar-refractivity contribution in [2.45, 2.75) is 25.7 Å². The van der Waals surface area contributed by atoms with Gasteiger partial charge in [-0.3, -0.25) is 14.5 Å². The van der Waals surface area contributed by atoms with E-state index in [2.05, 4.69) is 6.26 Å². The average molecular weight is 227 g/mol. The molecule has 0 atom stereocenters. The molecule has 0 saturated carbocycles. The van der Waals surface area contributed by atoms with Crippen molar-refractivity contribution in [3.63, 3.8) is 0 Å². The van der Waals surface area contributed by atoms with Gasteiger partial charge in [0.15, 0.2) is 0 Å². The van der Waals surface area contributed by atoms with Gasteiger partial charge in [0.25, 0.3) is 11.8 Å². The molecule has 1 rings (SSSR count). The summed E-state index contributed by atoms with van der Waals surface area (Å²) in [5.41, 5.74) is 0. The highest BCUT2D eigenvalue weighted by atomic mass is 32.2. The zero-order valence-corrected chi connectivity index (χ0v) is 9.89. The van der Waals surface area contributed by atoms with Crippen LogP contribution in [0.15, 0.2) is 12.2 Å². The molecule has 1 heterocycles. The zero-order valence-electron chi connectivity index (χ0n) is 9.07. The maximum atomic E-state index is 11.2. The van der Waals surface area contributed by atoms with Crippen molar-refractivity contribution in [3.05, 3.63) is 12.2 Å². The molecule has 0 radical (unpaired) electrons. The fraction of sp³-hybridized carbons (Fsp3) is 0.636. The Kier molecular flexibility index (Phi) is 5.47. The van der Waals surface area contributed by atoms with Crippen LogP contribution in [0, 0.1) is 0 Å². The van der Waals surface area contributed by atoms with Crippen molar-refractivity contribution in [3.8, 4) is 0 Å². The number of amides is 2. The molecule has 0 saturated heterocycles. The molecule has 0 spiro atoms. The molecular formula is C11H17NO2S. The van der Waals surface area contributed by atoms with Crippen LogP contribution < -0.4 is 0 Å². The normalized spacial score (nSPS) is 15.4. The molecule has 1 aliphatic heterocycles. The molecule has 0 unspecified atom stereocenters. The van der Waals surface area contributed by atoms with Crippen LogP contribution in [0.1, 0.15) is 25.7 Å². The summed E-state index contributed by atoms with van der Waals surface area (Å²) < 4.78 is 0. The van der Waals surface area contributed by atoms with E-state index in [9.17, 15) is 9.59 Å². The van der Waals surface area contributed by atoms with Crippen LogP contribution >= 0.6 is 11.8 Å². The van der Waals surface area contributed by atoms with E-state index in [-0.39, 0.29) is 11.8 Å². The van der Waals surface area contributed by atoms with Gasteiger partial charge in [-0.05, 0) is 24.9 Å². The topological polar surface area (TPSA) is 37.4 Å². The van der Waals surface area contributed by atoms with Gasteiger partial charge in [0.2, 0.25) is 0 Å². The molecule has 0 aromatic heterocycles. The summed E-state index contributed by atoms with van der Waals surface area (Å²) in [5, 5.41) is 0. The van der Waals surface area contributed by atoms with E-state index in [1.54, 1.807) is 0 Å². The third kappa shape index (κ3) is 4.08. The van der Waals surface area contributed by atoms with E-state index < -0.39 is 0 Å². The minimum Gasteiger partial charge on any atom is -0.275 e. The first-order chi connectivity index (χ1) is 7.25. The molecule has 0 bridgehead atoms. The van der Waals surface area contributed by atoms with Gasteiger partial charge in [-0.25, -0.2) is 0 Å². The quantitative estimate of drug-likeness (QED) is 0.492. The van der Waals surface area contributed by atoms with Crippen LogP contribution in [0.2, 0.25) is 0 Å². The van der Waals surface area contributed by atoms with Crippen molar-refractivity contribution in [1.29, 1.82) is 0 Å². The third-order valence-electron chi connectivity index (χ3n) is 2.38. The zero-order chi connectivity index (χ0) is 11.1. The largest absolute Gasteiger partial charge is 0.275 e. The minimum atomic E-state index is -0.163. The third-order valence-corrected chi connectivity index (χ3v) is 3.08. The van der Waals surface area contributed by atoms with E-state index in [0.29, 0.717) is 6.54 Å². The Bertz CT molecular complexity index is 245. The first-order valence-corrected chi connectivity index (χ1v) is 6.67. The van der Waals surface area contributed by atoms with Gasteiger partial charge in [0.1, 0.15) is 0 Å². The Morgan fingerprint density at radius 2 is 1.67 bits per heavy atom. The number of hydrogen-bond acceptors (Lipinski definition) is 3. The second-order valence-corrected chi connectivity index (χ2v) is 4.55. The maximum Gasteiger partial charge on any atom is 0.253 e. The van der Waals surface area contributed by atoms with E-state index in [0.717, 1.165) is 12.8 Å². The van der Waals surface area contributed by atoms with Crippen LogP contribution in [0.5, 0.6) is 0 Å². The Morgan fingerprint density at radius 1 is 1.07 bits per heavy atom. The first-order valence-electron chi connectivity index (χ1n) is 5.28. The predicted octanol–water partition coefficient (Wildman–Crippen LogP) is 1.83. The standard InChI is InChI=1S/C11H17NO2S/c1-15-9-5-3-2-4-8-12-10(13)6-7-11(12)14/h6-7H,2-5,8-9H2,1H3. The van der Waals surface area contributed by atoms with Crippen molar-refractivity contribution in [2.75, 3.05) is 18.6 Å². The smallest absolute Gasteiger partial charge is 0.253 e. The maximum absolute atomic E-state index is 11.2. The molecule has 84 valence electrons. The number of carbonyl (C=O) groups excluding carboxylic acids is 2. The van der Waals surface area contributed by atoms with Gasteiger partial charge in [0, 0.05) is 18.7 Å². The highest BCUT2D eigenvalue weighted by molar-refractivity contribution is 7.98. The Labute approximate surface area is 94.9 Å². The summed E-state index contributed by atoms with van der Waals surface area (Å²) in [7, 11) is 0. The van der Waals surface area contributed by atoms with Crippen molar-refractivity contribution >= 4 is 23.6 Å². The number of unbranched alkanes of at least 4 members (excludes halogenated alkanes) is 3. The number of nitrogens with zero attached hydrogens (tertiary/aromatic N) is 1. The summed E-state index contributed by atoms with van der Waals surface area (Å²) in [6.45, 7) is 0.573. The lowest BCUT2D eigenvalue weighted by Crippen LogP contribution is -2.30. The van der Waals surface area contributed by atoms with Crippen LogP contribution in [0.3, 0.4) is 0 Å². The highest BCUT2D eigenvalue weighted by Gasteiger charge is 2.21. The Morgan fingerprint density at radius 3 is 2.27 bits per heavy atom. The lowest BCUT2D eigenvalue weighted by molar-refractivity contribution is -0.136. The molecule has 4 heteroatoms. The SMILES string of the molecule is CSCCCCCCN1C(=O)C=CC1=O. The van der Waals surface area contributed by atoms with E-state index in [4.69, 9.17) is 0 Å². The molecule has 0 N–H and O–H groups in total. The fourth-order valence-electron chi connectivity index (χ4n) is 1.52. The van der Waals surface area contributed by atoms with Gasteiger partial charge in [0.05, 0.1) is 0 Å². The number of hydrogen-bond donors (Lipinski definition) is 0. The summed E-state index contributed by atoms with van der Waals surface area (Å²) >= 11 is 1.86. The van der Waals surface area contributed by atoms with Gasteiger partial charge in [-0.2, -0.15) is 11.8 Å². The molecule has 2 amide bonds. The van der Waals surface area contributed by atoms with Crippen LogP contribution in [0.25, 0.3) is 0 Å². The molecule has 1 aliphatic rings. The second-order valence-electron chi connectivity index (χ2n) is 3.57. The number of thioether (sulfide) groups is 1. The van der Waals surface area contributed by atoms with Crippen LogP contribution in [0.4, 0.5) is 0 Å². The second kappa shape index (κ2) is 6.67. The molecule has 0 aromatic carbocycles. The van der Waals surface area contributed by atoms with Crippen LogP contribution in [-0.2, 0) is 9.59 Å². The summed E-state index contributed by atoms with van der Waals surface area (Å²) in [6, 6.07) is 0. The average Bonchev–Trinajstić information content (AvgIpc) is 2.54. The van der Waals surface area contributed by atoms with Gasteiger partial charge >= 0.3 is 0 Å². The first kappa shape index (κ1) is 12.3. The molecule has 0 aromatic rings. The van der Waals surface area contributed by atoms with Crippen molar-refractivity contribution < 1.29 is 9.59 Å². The van der Waals surface area contributed by atoms with E-state index >= 15 is 0 Å². The predicted molar refractivity (Wildman–Crippen MR) is 62.7 cm³/mol.